The SMILES string of the molecule is CCCCCCOc1ccnc(N)c1.CCCCCCOc1ccnc(NC(P(=O)(O)O)P(=O)(O)O)c1.CCCCCCOc1ccnc(NC(P(C)(=O)OCC)P(=O)(OCC)OCC)c1.Nc1cc(=O)cc[nH]1. The number of H-pyrrole nitrogens is 1. The normalized spacial score (nSPS) is 12.6. The summed E-state index contributed by atoms with van der Waals surface area (Å²) >= 11 is 0. The summed E-state index contributed by atoms with van der Waals surface area (Å²) in [5.41, 5.74) is 7.13. The Morgan fingerprint density at radius 3 is 1.31 bits per heavy atom. The van der Waals surface area contributed by atoms with Gasteiger partial charge in [-0.05, 0) is 58.2 Å². The van der Waals surface area contributed by atoms with Crippen molar-refractivity contribution in [2.75, 3.05) is 68.4 Å². The third kappa shape index (κ3) is 29.7. The van der Waals surface area contributed by atoms with E-state index in [-0.39, 0.29) is 31.1 Å². The zero-order chi connectivity index (χ0) is 55.5. The molecule has 2 unspecified atom stereocenters. The van der Waals surface area contributed by atoms with Crippen LogP contribution in [0.5, 0.6) is 17.2 Å². The van der Waals surface area contributed by atoms with E-state index in [1.54, 1.807) is 57.4 Å². The number of anilines is 4. The van der Waals surface area contributed by atoms with Gasteiger partial charge in [-0.25, -0.2) is 15.0 Å². The molecule has 11 N–H and O–H groups in total. The van der Waals surface area contributed by atoms with E-state index < -0.39 is 41.2 Å². The average Bonchev–Trinajstić information content (AvgIpc) is 3.32. The number of ether oxygens (including phenoxy) is 3. The minimum atomic E-state index is -5.07. The number of nitrogen functional groups attached to an aromatic ring is 2. The van der Waals surface area contributed by atoms with Crippen molar-refractivity contribution in [2.45, 2.75) is 130 Å². The Kier molecular flexibility index (Phi) is 34.2. The number of rotatable bonds is 32. The summed E-state index contributed by atoms with van der Waals surface area (Å²) in [4.78, 5) is 61.2. The van der Waals surface area contributed by atoms with Crippen molar-refractivity contribution >= 4 is 53.4 Å². The number of nitrogens with zero attached hydrogens (tertiary/aromatic N) is 3. The second-order valence-corrected chi connectivity index (χ2v) is 25.2. The highest BCUT2D eigenvalue weighted by Gasteiger charge is 2.47. The van der Waals surface area contributed by atoms with Crippen molar-refractivity contribution in [3.05, 3.63) is 83.5 Å². The molecule has 4 aromatic rings. The molecule has 0 aliphatic rings. The van der Waals surface area contributed by atoms with Gasteiger partial charge < -0.3 is 74.4 Å². The number of nitrogens with two attached hydrogens (primary N) is 2. The Morgan fingerprint density at radius 1 is 0.554 bits per heavy atom. The lowest BCUT2D eigenvalue weighted by atomic mass is 10.2. The van der Waals surface area contributed by atoms with E-state index in [1.165, 1.54) is 69.4 Å². The molecule has 0 bridgehead atoms. The summed E-state index contributed by atoms with van der Waals surface area (Å²) in [6.07, 6.45) is 19.5. The van der Waals surface area contributed by atoms with Crippen molar-refractivity contribution < 1.29 is 65.6 Å². The van der Waals surface area contributed by atoms with E-state index in [9.17, 15) is 23.1 Å². The van der Waals surface area contributed by atoms with Crippen molar-refractivity contribution in [2.24, 2.45) is 0 Å². The Balaban J connectivity index is 0.000000536. The minimum Gasteiger partial charge on any atom is -0.493 e. The van der Waals surface area contributed by atoms with E-state index in [2.05, 4.69) is 51.3 Å². The zero-order valence-electron chi connectivity index (χ0n) is 43.9. The van der Waals surface area contributed by atoms with Gasteiger partial charge in [0.2, 0.25) is 18.4 Å². The minimum absolute atomic E-state index is 0.0683. The number of hydrogen-bond acceptors (Lipinski definition) is 18. The van der Waals surface area contributed by atoms with Gasteiger partial charge in [0.1, 0.15) is 40.5 Å². The van der Waals surface area contributed by atoms with Crippen LogP contribution in [0.25, 0.3) is 0 Å². The molecule has 0 aliphatic carbocycles. The fraction of sp³-hybridized carbons (Fsp3) is 0.574. The van der Waals surface area contributed by atoms with Crippen molar-refractivity contribution in [1.29, 1.82) is 0 Å². The standard InChI is InChI=1S/C19H36N2O6P2.C12H22N2O7P2.C11H18N2O.C5H6N2O/c1-6-10-11-12-15-24-17-13-14-20-18(16-17)21-19(28(5,22)25-7-2)29(23,26-8-3)27-9-4;1-2-3-4-5-8-21-10-6-7-13-11(9-10)14-12(22(15,16)17)23(18,19)20;1-2-3-4-5-8-14-10-6-7-13-11(12)9-10;6-5-3-4(8)1-2-7-5/h13-14,16,19H,6-12,15H2,1-5H3,(H,20,21);6-7,9,12H,2-5,8H2,1H3,(H,13,14)(H2,15,16,17)(H2,18,19,20);6-7,9H,2-5,8H2,1H3,(H2,12,13);1-3H,(H3,6,7,8). The van der Waals surface area contributed by atoms with Crippen LogP contribution >= 0.6 is 30.2 Å². The van der Waals surface area contributed by atoms with Crippen LogP contribution < -0.4 is 41.7 Å². The molecule has 0 saturated heterocycles. The van der Waals surface area contributed by atoms with Crippen LogP contribution in [0, 0.1) is 0 Å². The van der Waals surface area contributed by atoms with Gasteiger partial charge in [-0.2, -0.15) is 0 Å². The molecule has 74 heavy (non-hydrogen) atoms. The smallest absolute Gasteiger partial charge is 0.362 e. The molecule has 0 saturated carbocycles. The Bertz CT molecular complexity index is 2360. The van der Waals surface area contributed by atoms with Crippen LogP contribution in [0.15, 0.2) is 78.1 Å². The van der Waals surface area contributed by atoms with Gasteiger partial charge in [0.25, 0.3) is 0 Å². The molecule has 0 spiro atoms. The van der Waals surface area contributed by atoms with Crippen LogP contribution in [0.2, 0.25) is 0 Å². The van der Waals surface area contributed by atoms with E-state index >= 15 is 0 Å². The van der Waals surface area contributed by atoms with Gasteiger partial charge in [-0.3, -0.25) is 23.1 Å². The summed E-state index contributed by atoms with van der Waals surface area (Å²) < 4.78 is 82.1. The topological polar surface area (TPSA) is 352 Å². The van der Waals surface area contributed by atoms with E-state index in [0.717, 1.165) is 57.3 Å². The molecule has 4 heterocycles. The Morgan fingerprint density at radius 2 is 0.959 bits per heavy atom. The predicted molar refractivity (Wildman–Crippen MR) is 292 cm³/mol. The lowest BCUT2D eigenvalue weighted by Crippen LogP contribution is -2.24. The molecular formula is C47H82N8O15P4. The molecule has 0 radical (unpaired) electrons. The van der Waals surface area contributed by atoms with E-state index in [4.69, 9.17) is 58.8 Å². The number of unbranched alkanes of at least 4 members (excludes halogenated alkanes) is 9. The molecule has 420 valence electrons. The largest absolute Gasteiger partial charge is 0.493 e. The third-order valence-electron chi connectivity index (χ3n) is 9.75. The van der Waals surface area contributed by atoms with Gasteiger partial charge in [-0.15, -0.1) is 0 Å². The first-order valence-corrected chi connectivity index (χ1v) is 31.9. The molecule has 0 amide bonds. The Hall–Kier alpha value is -4.36. The van der Waals surface area contributed by atoms with Crippen LogP contribution in [0.1, 0.15) is 119 Å². The number of aromatic amines is 1. The maximum absolute atomic E-state index is 13.4. The van der Waals surface area contributed by atoms with Gasteiger partial charge in [-0.1, -0.05) is 78.6 Å². The monoisotopic (exact) mass is 1120 g/mol. The molecule has 27 heteroatoms. The Labute approximate surface area is 436 Å². The highest BCUT2D eigenvalue weighted by atomic mass is 31.2. The second kappa shape index (κ2) is 37.4. The second-order valence-electron chi connectivity index (χ2n) is 16.3. The van der Waals surface area contributed by atoms with Crippen molar-refractivity contribution in [3.63, 3.8) is 0 Å². The molecule has 4 rings (SSSR count). The summed E-state index contributed by atoms with van der Waals surface area (Å²) in [7, 11) is -17.3. The highest BCUT2D eigenvalue weighted by molar-refractivity contribution is 7.75. The molecule has 23 nitrogen and oxygen atoms in total. The highest BCUT2D eigenvalue weighted by Crippen LogP contribution is 2.68. The third-order valence-corrected chi connectivity index (χ3v) is 18.9. The molecular weight excluding hydrogens is 1040 g/mol. The number of nitrogens with one attached hydrogen (secondary N) is 3. The average molecular weight is 1120 g/mol. The number of aromatic nitrogens is 4. The first-order valence-electron chi connectivity index (χ1n) is 24.8. The lowest BCUT2D eigenvalue weighted by molar-refractivity contribution is 0.216. The maximum Gasteiger partial charge on any atom is 0.362 e. The summed E-state index contributed by atoms with van der Waals surface area (Å²) in [5.74, 6) is 3.02. The van der Waals surface area contributed by atoms with E-state index in [0.29, 0.717) is 42.2 Å². The molecule has 0 fully saturated rings. The van der Waals surface area contributed by atoms with Crippen molar-refractivity contribution in [3.8, 4) is 17.2 Å². The van der Waals surface area contributed by atoms with Crippen LogP contribution in [0.3, 0.4) is 0 Å². The zero-order valence-corrected chi connectivity index (χ0v) is 47.5. The van der Waals surface area contributed by atoms with Gasteiger partial charge in [0, 0.05) is 61.8 Å². The molecule has 2 atom stereocenters. The van der Waals surface area contributed by atoms with Crippen molar-refractivity contribution in [1.82, 2.24) is 19.9 Å². The van der Waals surface area contributed by atoms with Crippen LogP contribution in [-0.2, 0) is 31.8 Å². The first-order chi connectivity index (χ1) is 35.1. The number of hydrogen-bond donors (Lipinski definition) is 9. The molecule has 4 aromatic heterocycles. The van der Waals surface area contributed by atoms with Crippen LogP contribution in [0.4, 0.5) is 23.3 Å². The summed E-state index contributed by atoms with van der Waals surface area (Å²) in [6.45, 7) is 15.4. The summed E-state index contributed by atoms with van der Waals surface area (Å²) in [6, 6.07) is 12.6. The molecule has 0 aromatic carbocycles. The fourth-order valence-corrected chi connectivity index (χ4v) is 13.5. The van der Waals surface area contributed by atoms with Gasteiger partial charge >= 0.3 is 22.8 Å². The lowest BCUT2D eigenvalue weighted by Gasteiger charge is -2.31. The fourth-order valence-electron chi connectivity index (χ4n) is 6.24. The van der Waals surface area contributed by atoms with Crippen LogP contribution in [-0.4, -0.2) is 96.9 Å². The van der Waals surface area contributed by atoms with Gasteiger partial charge in [0.05, 0.1) is 39.6 Å². The predicted octanol–water partition coefficient (Wildman–Crippen LogP) is 10.6. The maximum atomic E-state index is 13.4. The quantitative estimate of drug-likeness (QED) is 0.0162. The molecule has 0 aliphatic heterocycles. The van der Waals surface area contributed by atoms with Gasteiger partial charge in [0.15, 0.2) is 5.43 Å². The number of pyridine rings is 4. The van der Waals surface area contributed by atoms with E-state index in [1.807, 2.05) is 6.07 Å². The first kappa shape index (κ1) is 67.7. The summed E-state index contributed by atoms with van der Waals surface area (Å²) in [5, 5.41) is 5.07.